The first-order chi connectivity index (χ1) is 12.3. The van der Waals surface area contributed by atoms with Crippen LogP contribution in [-0.2, 0) is 4.74 Å². The summed E-state index contributed by atoms with van der Waals surface area (Å²) < 4.78 is 5.45. The zero-order valence-electron chi connectivity index (χ0n) is 16.1. The van der Waals surface area contributed by atoms with Gasteiger partial charge in [-0.05, 0) is 51.7 Å². The maximum atomic E-state index is 12.2. The molecule has 1 aliphatic rings. The average Bonchev–Trinajstić information content (AvgIpc) is 2.60. The SMILES string of the molecule is CN(CC1CCCN(c2cnc3ccccc3n2)C1)C(=O)OC(C)(C)C. The van der Waals surface area contributed by atoms with Crippen molar-refractivity contribution in [2.45, 2.75) is 39.2 Å². The molecule has 0 N–H and O–H groups in total. The van der Waals surface area contributed by atoms with Gasteiger partial charge in [-0.15, -0.1) is 0 Å². The van der Waals surface area contributed by atoms with E-state index >= 15 is 0 Å². The summed E-state index contributed by atoms with van der Waals surface area (Å²) in [5.41, 5.74) is 1.36. The molecule has 26 heavy (non-hydrogen) atoms. The third kappa shape index (κ3) is 4.62. The molecule has 0 aliphatic carbocycles. The van der Waals surface area contributed by atoms with Gasteiger partial charge in [-0.1, -0.05) is 12.1 Å². The third-order valence-corrected chi connectivity index (χ3v) is 4.52. The summed E-state index contributed by atoms with van der Waals surface area (Å²) in [5.74, 6) is 1.31. The summed E-state index contributed by atoms with van der Waals surface area (Å²) in [6, 6.07) is 7.92. The van der Waals surface area contributed by atoms with Crippen LogP contribution in [0, 0.1) is 5.92 Å². The third-order valence-electron chi connectivity index (χ3n) is 4.52. The quantitative estimate of drug-likeness (QED) is 0.839. The van der Waals surface area contributed by atoms with E-state index in [4.69, 9.17) is 9.72 Å². The van der Waals surface area contributed by atoms with Crippen LogP contribution in [0.5, 0.6) is 0 Å². The minimum atomic E-state index is -0.468. The molecule has 1 aliphatic heterocycles. The Kier molecular flexibility index (Phi) is 5.30. The van der Waals surface area contributed by atoms with Gasteiger partial charge >= 0.3 is 6.09 Å². The number of hydrogen-bond acceptors (Lipinski definition) is 5. The van der Waals surface area contributed by atoms with Gasteiger partial charge in [-0.3, -0.25) is 4.98 Å². The molecule has 140 valence electrons. The van der Waals surface area contributed by atoms with Gasteiger partial charge in [0.15, 0.2) is 0 Å². The van der Waals surface area contributed by atoms with Crippen molar-refractivity contribution in [2.24, 2.45) is 5.92 Å². The van der Waals surface area contributed by atoms with E-state index in [0.29, 0.717) is 12.5 Å². The van der Waals surface area contributed by atoms with Gasteiger partial charge in [0.05, 0.1) is 17.2 Å². The van der Waals surface area contributed by atoms with Crippen molar-refractivity contribution in [3.05, 3.63) is 30.5 Å². The van der Waals surface area contributed by atoms with Crippen LogP contribution in [0.1, 0.15) is 33.6 Å². The number of ether oxygens (including phenoxy) is 1. The maximum absolute atomic E-state index is 12.2. The number of rotatable bonds is 3. The highest BCUT2D eigenvalue weighted by atomic mass is 16.6. The van der Waals surface area contributed by atoms with E-state index in [2.05, 4.69) is 9.88 Å². The largest absolute Gasteiger partial charge is 0.444 e. The molecule has 1 aromatic heterocycles. The summed E-state index contributed by atoms with van der Waals surface area (Å²) in [6.07, 6.45) is 3.77. The van der Waals surface area contributed by atoms with Crippen molar-refractivity contribution >= 4 is 22.9 Å². The smallest absolute Gasteiger partial charge is 0.410 e. The van der Waals surface area contributed by atoms with E-state index in [1.807, 2.05) is 58.3 Å². The van der Waals surface area contributed by atoms with Crippen molar-refractivity contribution in [1.29, 1.82) is 0 Å². The summed E-state index contributed by atoms with van der Waals surface area (Å²) in [6.45, 7) is 8.20. The van der Waals surface area contributed by atoms with Crippen LogP contribution < -0.4 is 4.90 Å². The Morgan fingerprint density at radius 1 is 1.31 bits per heavy atom. The molecular weight excluding hydrogens is 328 g/mol. The molecule has 3 rings (SSSR count). The topological polar surface area (TPSA) is 58.6 Å². The van der Waals surface area contributed by atoms with Gasteiger partial charge in [0.2, 0.25) is 0 Å². The number of carbonyl (C=O) groups is 1. The lowest BCUT2D eigenvalue weighted by Gasteiger charge is -2.35. The first kappa shape index (κ1) is 18.4. The zero-order valence-corrected chi connectivity index (χ0v) is 16.1. The van der Waals surface area contributed by atoms with E-state index in [1.165, 1.54) is 0 Å². The molecule has 6 nitrogen and oxygen atoms in total. The Bertz CT molecular complexity index is 772. The molecule has 1 aromatic carbocycles. The van der Waals surface area contributed by atoms with Crippen molar-refractivity contribution in [1.82, 2.24) is 14.9 Å². The van der Waals surface area contributed by atoms with Gasteiger partial charge < -0.3 is 14.5 Å². The summed E-state index contributed by atoms with van der Waals surface area (Å²) in [7, 11) is 1.81. The van der Waals surface area contributed by atoms with Crippen LogP contribution in [0.25, 0.3) is 11.0 Å². The second-order valence-corrected chi connectivity index (χ2v) is 8.03. The summed E-state index contributed by atoms with van der Waals surface area (Å²) in [4.78, 5) is 25.4. The lowest BCUT2D eigenvalue weighted by atomic mass is 9.97. The predicted octanol–water partition coefficient (Wildman–Crippen LogP) is 3.71. The number of carbonyl (C=O) groups excluding carboxylic acids is 1. The molecule has 1 amide bonds. The highest BCUT2D eigenvalue weighted by molar-refractivity contribution is 5.75. The number of aromatic nitrogens is 2. The van der Waals surface area contributed by atoms with Crippen molar-refractivity contribution in [3.8, 4) is 0 Å². The number of fused-ring (bicyclic) bond motifs is 1. The van der Waals surface area contributed by atoms with Crippen LogP contribution in [0.4, 0.5) is 10.6 Å². The monoisotopic (exact) mass is 356 g/mol. The number of hydrogen-bond donors (Lipinski definition) is 0. The van der Waals surface area contributed by atoms with Crippen molar-refractivity contribution in [2.75, 3.05) is 31.6 Å². The van der Waals surface area contributed by atoms with Gasteiger partial charge in [0.25, 0.3) is 0 Å². The molecular formula is C20H28N4O2. The van der Waals surface area contributed by atoms with Crippen LogP contribution in [-0.4, -0.2) is 53.2 Å². The number of nitrogens with zero attached hydrogens (tertiary/aromatic N) is 4. The lowest BCUT2D eigenvalue weighted by Crippen LogP contribution is -2.43. The first-order valence-corrected chi connectivity index (χ1v) is 9.23. The number of para-hydroxylation sites is 2. The molecule has 2 heterocycles. The van der Waals surface area contributed by atoms with E-state index < -0.39 is 5.60 Å². The Balaban J connectivity index is 1.64. The van der Waals surface area contributed by atoms with Gasteiger partial charge in [-0.25, -0.2) is 9.78 Å². The Morgan fingerprint density at radius 3 is 2.77 bits per heavy atom. The molecule has 1 saturated heterocycles. The number of amides is 1. The Morgan fingerprint density at radius 2 is 2.04 bits per heavy atom. The molecule has 1 fully saturated rings. The predicted molar refractivity (Wildman–Crippen MR) is 103 cm³/mol. The van der Waals surface area contributed by atoms with Crippen molar-refractivity contribution < 1.29 is 9.53 Å². The first-order valence-electron chi connectivity index (χ1n) is 9.23. The normalized spacial score (nSPS) is 18.0. The highest BCUT2D eigenvalue weighted by Gasteiger charge is 2.26. The molecule has 0 spiro atoms. The van der Waals surface area contributed by atoms with E-state index in [1.54, 1.807) is 4.90 Å². The molecule has 1 atom stereocenters. The lowest BCUT2D eigenvalue weighted by molar-refractivity contribution is 0.0269. The fraction of sp³-hybridized carbons (Fsp3) is 0.550. The minimum absolute atomic E-state index is 0.264. The summed E-state index contributed by atoms with van der Waals surface area (Å²) in [5, 5.41) is 0. The molecule has 6 heteroatoms. The Labute approximate surface area is 155 Å². The maximum Gasteiger partial charge on any atom is 0.410 e. The number of benzene rings is 1. The molecule has 0 saturated carbocycles. The van der Waals surface area contributed by atoms with Gasteiger partial charge in [0, 0.05) is 26.7 Å². The van der Waals surface area contributed by atoms with E-state index in [-0.39, 0.29) is 6.09 Å². The Hall–Kier alpha value is -2.37. The van der Waals surface area contributed by atoms with Gasteiger partial charge in [0.1, 0.15) is 11.4 Å². The molecule has 2 aromatic rings. The van der Waals surface area contributed by atoms with E-state index in [0.717, 1.165) is 42.8 Å². The van der Waals surface area contributed by atoms with Crippen LogP contribution in [0.2, 0.25) is 0 Å². The van der Waals surface area contributed by atoms with Crippen molar-refractivity contribution in [3.63, 3.8) is 0 Å². The zero-order chi connectivity index (χ0) is 18.7. The van der Waals surface area contributed by atoms with E-state index in [9.17, 15) is 4.79 Å². The average molecular weight is 356 g/mol. The second-order valence-electron chi connectivity index (χ2n) is 8.03. The van der Waals surface area contributed by atoms with Gasteiger partial charge in [-0.2, -0.15) is 0 Å². The van der Waals surface area contributed by atoms with Crippen LogP contribution in [0.3, 0.4) is 0 Å². The molecule has 0 radical (unpaired) electrons. The number of anilines is 1. The molecule has 1 unspecified atom stereocenters. The van der Waals surface area contributed by atoms with Crippen LogP contribution >= 0.6 is 0 Å². The summed E-state index contributed by atoms with van der Waals surface area (Å²) >= 11 is 0. The molecule has 0 bridgehead atoms. The second kappa shape index (κ2) is 7.48. The fourth-order valence-corrected chi connectivity index (χ4v) is 3.32. The number of piperidine rings is 1. The highest BCUT2D eigenvalue weighted by Crippen LogP contribution is 2.23. The fourth-order valence-electron chi connectivity index (χ4n) is 3.32. The van der Waals surface area contributed by atoms with Crippen LogP contribution in [0.15, 0.2) is 30.5 Å². The minimum Gasteiger partial charge on any atom is -0.444 e. The standard InChI is InChI=1S/C20H28N4O2/c1-20(2,3)26-19(25)23(4)13-15-8-7-11-24(14-15)18-12-21-16-9-5-6-10-17(16)22-18/h5-6,9-10,12,15H,7-8,11,13-14H2,1-4H3.